The number of aromatic nitrogens is 2. The van der Waals surface area contributed by atoms with Crippen molar-refractivity contribution in [2.75, 3.05) is 20.1 Å². The number of unbranched alkanes of at least 4 members (excludes halogenated alkanes) is 1. The Morgan fingerprint density at radius 1 is 1.26 bits per heavy atom. The molecule has 0 fully saturated rings. The van der Waals surface area contributed by atoms with Crippen molar-refractivity contribution in [1.29, 1.82) is 0 Å². The highest BCUT2D eigenvalue weighted by molar-refractivity contribution is 14.0. The minimum Gasteiger partial charge on any atom is -0.356 e. The van der Waals surface area contributed by atoms with Gasteiger partial charge in [-0.2, -0.15) is 0 Å². The van der Waals surface area contributed by atoms with E-state index in [1.165, 1.54) is 4.88 Å². The van der Waals surface area contributed by atoms with Crippen LogP contribution in [0.3, 0.4) is 0 Å². The van der Waals surface area contributed by atoms with Crippen molar-refractivity contribution in [2.45, 2.75) is 46.1 Å². The summed E-state index contributed by atoms with van der Waals surface area (Å²) in [5, 5.41) is 7.81. The molecule has 0 amide bonds. The highest BCUT2D eigenvalue weighted by Crippen LogP contribution is 2.13. The van der Waals surface area contributed by atoms with Crippen LogP contribution in [0, 0.1) is 6.92 Å². The third-order valence-electron chi connectivity index (χ3n) is 4.17. The second kappa shape index (κ2) is 12.9. The normalized spacial score (nSPS) is 11.1. The molecule has 2 aromatic rings. The van der Waals surface area contributed by atoms with Crippen LogP contribution >= 0.6 is 35.3 Å². The van der Waals surface area contributed by atoms with E-state index in [9.17, 15) is 4.79 Å². The number of aryl methyl sites for hydroxylation is 2. The second-order valence-electron chi connectivity index (χ2n) is 6.11. The van der Waals surface area contributed by atoms with E-state index in [0.717, 1.165) is 62.0 Å². The zero-order valence-corrected chi connectivity index (χ0v) is 19.5. The van der Waals surface area contributed by atoms with E-state index in [1.54, 1.807) is 30.5 Å². The van der Waals surface area contributed by atoms with Gasteiger partial charge in [0.1, 0.15) is 0 Å². The summed E-state index contributed by atoms with van der Waals surface area (Å²) in [6, 6.07) is 5.39. The summed E-state index contributed by atoms with van der Waals surface area (Å²) in [6.07, 6.45) is 5.85. The molecule has 2 heterocycles. The smallest absolute Gasteiger partial charge is 0.250 e. The fraction of sp³-hybridized carbons (Fsp3) is 0.526. The lowest BCUT2D eigenvalue weighted by Crippen LogP contribution is -2.38. The van der Waals surface area contributed by atoms with Gasteiger partial charge in [0.15, 0.2) is 5.96 Å². The van der Waals surface area contributed by atoms with E-state index in [4.69, 9.17) is 0 Å². The summed E-state index contributed by atoms with van der Waals surface area (Å²) in [6.45, 7) is 6.52. The quantitative estimate of drug-likeness (QED) is 0.239. The summed E-state index contributed by atoms with van der Waals surface area (Å²) in [4.78, 5) is 21.8. The molecule has 27 heavy (non-hydrogen) atoms. The Balaban J connectivity index is 0.00000364. The van der Waals surface area contributed by atoms with E-state index < -0.39 is 0 Å². The first-order chi connectivity index (χ1) is 12.6. The van der Waals surface area contributed by atoms with Gasteiger partial charge in [-0.05, 0) is 32.3 Å². The van der Waals surface area contributed by atoms with E-state index in [1.807, 2.05) is 23.8 Å². The van der Waals surface area contributed by atoms with Crippen molar-refractivity contribution in [3.8, 4) is 0 Å². The van der Waals surface area contributed by atoms with Gasteiger partial charge >= 0.3 is 0 Å². The van der Waals surface area contributed by atoms with Gasteiger partial charge in [-0.3, -0.25) is 9.79 Å². The molecule has 0 saturated carbocycles. The van der Waals surface area contributed by atoms with Crippen LogP contribution in [-0.2, 0) is 19.4 Å². The van der Waals surface area contributed by atoms with Crippen molar-refractivity contribution < 1.29 is 0 Å². The molecule has 8 heteroatoms. The van der Waals surface area contributed by atoms with E-state index >= 15 is 0 Å². The van der Waals surface area contributed by atoms with Gasteiger partial charge in [-0.25, -0.2) is 4.98 Å². The Morgan fingerprint density at radius 2 is 2.04 bits per heavy atom. The summed E-state index contributed by atoms with van der Waals surface area (Å²) in [5.74, 6) is 0.810. The maximum Gasteiger partial charge on any atom is 0.250 e. The minimum atomic E-state index is 0. The van der Waals surface area contributed by atoms with Gasteiger partial charge < -0.3 is 15.2 Å². The first-order valence-corrected chi connectivity index (χ1v) is 10.00. The van der Waals surface area contributed by atoms with Crippen LogP contribution in [0.4, 0.5) is 0 Å². The van der Waals surface area contributed by atoms with Crippen LogP contribution in [-0.4, -0.2) is 35.6 Å². The number of nitrogens with zero attached hydrogens (tertiary/aromatic N) is 3. The van der Waals surface area contributed by atoms with E-state index in [0.29, 0.717) is 0 Å². The first kappa shape index (κ1) is 23.6. The molecule has 0 spiro atoms. The van der Waals surface area contributed by atoms with Crippen molar-refractivity contribution in [3.63, 3.8) is 0 Å². The maximum atomic E-state index is 11.8. The van der Waals surface area contributed by atoms with Crippen LogP contribution in [0.2, 0.25) is 0 Å². The summed E-state index contributed by atoms with van der Waals surface area (Å²) in [7, 11) is 1.78. The largest absolute Gasteiger partial charge is 0.356 e. The molecule has 2 N–H and O–H groups in total. The topological polar surface area (TPSA) is 71.3 Å². The average Bonchev–Trinajstić information content (AvgIpc) is 3.10. The highest BCUT2D eigenvalue weighted by atomic mass is 127. The van der Waals surface area contributed by atoms with Crippen LogP contribution < -0.4 is 16.2 Å². The Kier molecular flexibility index (Phi) is 11.3. The lowest BCUT2D eigenvalue weighted by atomic mass is 10.3. The zero-order valence-electron chi connectivity index (χ0n) is 16.3. The van der Waals surface area contributed by atoms with Crippen LogP contribution in [0.1, 0.15) is 35.3 Å². The molecule has 0 aliphatic carbocycles. The van der Waals surface area contributed by atoms with E-state index in [-0.39, 0.29) is 29.5 Å². The van der Waals surface area contributed by atoms with Gasteiger partial charge in [0.25, 0.3) is 5.56 Å². The monoisotopic (exact) mass is 503 g/mol. The van der Waals surface area contributed by atoms with Gasteiger partial charge in [0.2, 0.25) is 0 Å². The fourth-order valence-corrected chi connectivity index (χ4v) is 3.51. The van der Waals surface area contributed by atoms with Crippen LogP contribution in [0.25, 0.3) is 0 Å². The summed E-state index contributed by atoms with van der Waals surface area (Å²) < 4.78 is 1.83. The molecule has 0 saturated heterocycles. The average molecular weight is 503 g/mol. The Morgan fingerprint density at radius 3 is 2.70 bits per heavy atom. The second-order valence-corrected chi connectivity index (χ2v) is 7.31. The third-order valence-corrected chi connectivity index (χ3v) is 5.38. The Hall–Kier alpha value is -1.42. The number of aliphatic imine (C=N–C) groups is 1. The first-order valence-electron chi connectivity index (χ1n) is 9.18. The number of hydrogen-bond acceptors (Lipinski definition) is 4. The molecule has 0 aromatic carbocycles. The number of thiazole rings is 1. The molecule has 0 aliphatic heterocycles. The van der Waals surface area contributed by atoms with Crippen LogP contribution in [0.15, 0.2) is 34.2 Å². The molecular formula is C19H30IN5OS. The van der Waals surface area contributed by atoms with Gasteiger partial charge in [0.05, 0.1) is 5.01 Å². The van der Waals surface area contributed by atoms with Crippen molar-refractivity contribution >= 4 is 41.3 Å². The SMILES string of the molecule is CCc1cnc(CCNC(=NC)NCCCCn2c(C)cccc2=O)s1.I. The fourth-order valence-electron chi connectivity index (χ4n) is 2.65. The molecule has 0 radical (unpaired) electrons. The zero-order chi connectivity index (χ0) is 18.8. The maximum absolute atomic E-state index is 11.8. The van der Waals surface area contributed by atoms with Crippen molar-refractivity contribution in [2.24, 2.45) is 4.99 Å². The van der Waals surface area contributed by atoms with Gasteiger partial charge in [-0.15, -0.1) is 35.3 Å². The van der Waals surface area contributed by atoms with Crippen molar-refractivity contribution in [3.05, 3.63) is 50.3 Å². The standard InChI is InChI=1S/C19H29N5OS.HI/c1-4-16-14-23-17(26-16)10-12-22-19(20-3)21-11-5-6-13-24-15(2)8-7-9-18(24)25;/h7-9,14H,4-6,10-13H2,1-3H3,(H2,20,21,22);1H. The molecule has 2 rings (SSSR count). The molecule has 0 unspecified atom stereocenters. The van der Waals surface area contributed by atoms with Gasteiger partial charge in [-0.1, -0.05) is 13.0 Å². The lowest BCUT2D eigenvalue weighted by Gasteiger charge is -2.12. The number of pyridine rings is 1. The molecular weight excluding hydrogens is 473 g/mol. The predicted molar refractivity (Wildman–Crippen MR) is 125 cm³/mol. The number of nitrogens with one attached hydrogen (secondary N) is 2. The molecule has 2 aromatic heterocycles. The molecule has 150 valence electrons. The van der Waals surface area contributed by atoms with Gasteiger partial charge in [0, 0.05) is 55.9 Å². The molecule has 6 nitrogen and oxygen atoms in total. The third kappa shape index (κ3) is 8.00. The molecule has 0 bridgehead atoms. The Labute approximate surface area is 182 Å². The molecule has 0 atom stereocenters. The lowest BCUT2D eigenvalue weighted by molar-refractivity contribution is 0.575. The highest BCUT2D eigenvalue weighted by Gasteiger charge is 2.02. The summed E-state index contributed by atoms with van der Waals surface area (Å²) in [5.41, 5.74) is 1.08. The van der Waals surface area contributed by atoms with Crippen molar-refractivity contribution in [1.82, 2.24) is 20.2 Å². The van der Waals surface area contributed by atoms with E-state index in [2.05, 4.69) is 27.5 Å². The number of guanidine groups is 1. The Bertz CT molecular complexity index is 771. The predicted octanol–water partition coefficient (Wildman–Crippen LogP) is 2.98. The van der Waals surface area contributed by atoms with Crippen LogP contribution in [0.5, 0.6) is 0 Å². The minimum absolute atomic E-state index is 0. The number of rotatable bonds is 9. The number of halogens is 1. The number of hydrogen-bond donors (Lipinski definition) is 2. The summed E-state index contributed by atoms with van der Waals surface area (Å²) >= 11 is 1.78. The molecule has 0 aliphatic rings.